The molecule has 1 aromatic rings. The SMILES string of the molecule is C[C@]1(CS(=O)(=O)N2CCC(c3ccc(Cl)cc3)CC2)NC(=O)NC1=O. The van der Waals surface area contributed by atoms with Crippen LogP contribution in [-0.4, -0.2) is 49.0 Å². The first kappa shape index (κ1) is 18.2. The highest BCUT2D eigenvalue weighted by molar-refractivity contribution is 7.89. The second-order valence-corrected chi connectivity index (χ2v) is 9.13. The smallest absolute Gasteiger partial charge is 0.322 e. The molecular formula is C16H20ClN3O4S. The third kappa shape index (κ3) is 3.80. The fraction of sp³-hybridized carbons (Fsp3) is 0.500. The van der Waals surface area contributed by atoms with Gasteiger partial charge in [-0.1, -0.05) is 23.7 Å². The highest BCUT2D eigenvalue weighted by Gasteiger charge is 2.46. The summed E-state index contributed by atoms with van der Waals surface area (Å²) in [6, 6.07) is 6.95. The van der Waals surface area contributed by atoms with E-state index in [1.165, 1.54) is 11.2 Å². The number of carbonyl (C=O) groups is 2. The summed E-state index contributed by atoms with van der Waals surface area (Å²) >= 11 is 5.90. The van der Waals surface area contributed by atoms with Crippen molar-refractivity contribution in [2.45, 2.75) is 31.2 Å². The minimum absolute atomic E-state index is 0.286. The molecule has 0 bridgehead atoms. The van der Waals surface area contributed by atoms with Gasteiger partial charge in [0.15, 0.2) is 0 Å². The van der Waals surface area contributed by atoms with Crippen LogP contribution in [0.4, 0.5) is 4.79 Å². The zero-order valence-corrected chi connectivity index (χ0v) is 15.4. The Morgan fingerprint density at radius 3 is 2.32 bits per heavy atom. The molecule has 2 N–H and O–H groups in total. The summed E-state index contributed by atoms with van der Waals surface area (Å²) in [6.07, 6.45) is 1.41. The first-order valence-corrected chi connectivity index (χ1v) is 10.1. The molecule has 2 heterocycles. The molecule has 136 valence electrons. The summed E-state index contributed by atoms with van der Waals surface area (Å²) < 4.78 is 26.7. The highest BCUT2D eigenvalue weighted by Crippen LogP contribution is 2.30. The Balaban J connectivity index is 1.64. The second-order valence-electron chi connectivity index (χ2n) is 6.72. The molecule has 2 aliphatic rings. The lowest BCUT2D eigenvalue weighted by Gasteiger charge is -2.33. The van der Waals surface area contributed by atoms with E-state index >= 15 is 0 Å². The molecule has 1 aromatic carbocycles. The molecule has 7 nitrogen and oxygen atoms in total. The van der Waals surface area contributed by atoms with Crippen molar-refractivity contribution in [1.29, 1.82) is 0 Å². The number of imide groups is 1. The third-order valence-corrected chi connectivity index (χ3v) is 7.12. The normalized spacial score (nSPS) is 25.7. The molecule has 0 radical (unpaired) electrons. The summed E-state index contributed by atoms with van der Waals surface area (Å²) in [5.74, 6) is -0.769. The average Bonchev–Trinajstić information content (AvgIpc) is 2.79. The van der Waals surface area contributed by atoms with Crippen LogP contribution in [0.1, 0.15) is 31.2 Å². The van der Waals surface area contributed by atoms with E-state index in [1.807, 2.05) is 24.3 Å². The number of nitrogens with one attached hydrogen (secondary N) is 2. The van der Waals surface area contributed by atoms with Gasteiger partial charge in [-0.05, 0) is 43.4 Å². The molecular weight excluding hydrogens is 366 g/mol. The fourth-order valence-electron chi connectivity index (χ4n) is 3.34. The van der Waals surface area contributed by atoms with Crippen molar-refractivity contribution in [3.05, 3.63) is 34.9 Å². The van der Waals surface area contributed by atoms with Gasteiger partial charge in [0.25, 0.3) is 5.91 Å². The van der Waals surface area contributed by atoms with Gasteiger partial charge in [0.05, 0.1) is 5.75 Å². The van der Waals surface area contributed by atoms with E-state index in [9.17, 15) is 18.0 Å². The van der Waals surface area contributed by atoms with E-state index in [0.717, 1.165) is 5.56 Å². The van der Waals surface area contributed by atoms with Crippen molar-refractivity contribution >= 4 is 33.6 Å². The van der Waals surface area contributed by atoms with Gasteiger partial charge in [0.1, 0.15) is 5.54 Å². The molecule has 2 fully saturated rings. The zero-order chi connectivity index (χ0) is 18.2. The lowest BCUT2D eigenvalue weighted by Crippen LogP contribution is -2.53. The summed E-state index contributed by atoms with van der Waals surface area (Å²) in [6.45, 7) is 2.20. The van der Waals surface area contributed by atoms with Crippen LogP contribution in [0.3, 0.4) is 0 Å². The van der Waals surface area contributed by atoms with Gasteiger partial charge in [0, 0.05) is 18.1 Å². The minimum atomic E-state index is -3.66. The van der Waals surface area contributed by atoms with Crippen LogP contribution < -0.4 is 10.6 Å². The number of sulfonamides is 1. The van der Waals surface area contributed by atoms with Crippen molar-refractivity contribution in [1.82, 2.24) is 14.9 Å². The Hall–Kier alpha value is -1.64. The standard InChI is InChI=1S/C16H20ClN3O4S/c1-16(14(21)18-15(22)19-16)10-25(23,24)20-8-6-12(7-9-20)11-2-4-13(17)5-3-11/h2-5,12H,6-10H2,1H3,(H2,18,19,21,22)/t16-/m1/s1. The molecule has 2 aliphatic heterocycles. The number of piperidine rings is 1. The van der Waals surface area contributed by atoms with Crippen molar-refractivity contribution in [3.8, 4) is 0 Å². The Bertz CT molecular complexity index is 788. The summed E-state index contributed by atoms with van der Waals surface area (Å²) in [4.78, 5) is 23.1. The van der Waals surface area contributed by atoms with Crippen LogP contribution in [-0.2, 0) is 14.8 Å². The largest absolute Gasteiger partial charge is 0.322 e. The Labute approximate surface area is 151 Å². The summed E-state index contributed by atoms with van der Waals surface area (Å²) in [5.41, 5.74) is -0.279. The van der Waals surface area contributed by atoms with Crippen molar-refractivity contribution in [3.63, 3.8) is 0 Å². The Morgan fingerprint density at radius 2 is 1.80 bits per heavy atom. The number of carbonyl (C=O) groups excluding carboxylic acids is 2. The van der Waals surface area contributed by atoms with Gasteiger partial charge in [0.2, 0.25) is 10.0 Å². The number of hydrogen-bond acceptors (Lipinski definition) is 4. The van der Waals surface area contributed by atoms with Crippen molar-refractivity contribution in [2.24, 2.45) is 0 Å². The van der Waals surface area contributed by atoms with E-state index < -0.39 is 33.3 Å². The molecule has 0 aromatic heterocycles. The predicted octanol–water partition coefficient (Wildman–Crippen LogP) is 1.45. The molecule has 0 saturated carbocycles. The number of benzene rings is 1. The van der Waals surface area contributed by atoms with Crippen LogP contribution in [0.15, 0.2) is 24.3 Å². The zero-order valence-electron chi connectivity index (χ0n) is 13.8. The molecule has 9 heteroatoms. The Kier molecular flexibility index (Phi) is 4.78. The van der Waals surface area contributed by atoms with Crippen molar-refractivity contribution in [2.75, 3.05) is 18.8 Å². The number of hydrogen-bond donors (Lipinski definition) is 2. The van der Waals surface area contributed by atoms with Crippen molar-refractivity contribution < 1.29 is 18.0 Å². The maximum Gasteiger partial charge on any atom is 0.322 e. The minimum Gasteiger partial charge on any atom is -0.322 e. The topological polar surface area (TPSA) is 95.6 Å². The summed E-state index contributed by atoms with van der Waals surface area (Å²) in [5, 5.41) is 5.16. The predicted molar refractivity (Wildman–Crippen MR) is 93.9 cm³/mol. The van der Waals surface area contributed by atoms with E-state index in [0.29, 0.717) is 31.0 Å². The second kappa shape index (κ2) is 6.59. The van der Waals surface area contributed by atoms with Gasteiger partial charge in [-0.25, -0.2) is 17.5 Å². The first-order chi connectivity index (χ1) is 11.7. The number of rotatable bonds is 4. The molecule has 2 saturated heterocycles. The van der Waals surface area contributed by atoms with Gasteiger partial charge in [-0.3, -0.25) is 10.1 Å². The van der Waals surface area contributed by atoms with Crippen LogP contribution in [0.5, 0.6) is 0 Å². The third-order valence-electron chi connectivity index (χ3n) is 4.78. The fourth-order valence-corrected chi connectivity index (χ4v) is 5.35. The van der Waals surface area contributed by atoms with Gasteiger partial charge in [-0.15, -0.1) is 0 Å². The van der Waals surface area contributed by atoms with Gasteiger partial charge >= 0.3 is 6.03 Å². The average molecular weight is 386 g/mol. The molecule has 0 aliphatic carbocycles. The number of amides is 3. The maximum absolute atomic E-state index is 12.7. The molecule has 3 amide bonds. The van der Waals surface area contributed by atoms with Crippen LogP contribution in [0.25, 0.3) is 0 Å². The first-order valence-electron chi connectivity index (χ1n) is 8.06. The maximum atomic E-state index is 12.7. The molecule has 1 atom stereocenters. The van der Waals surface area contributed by atoms with Crippen LogP contribution in [0.2, 0.25) is 5.02 Å². The molecule has 0 unspecified atom stereocenters. The number of urea groups is 1. The number of nitrogens with zero attached hydrogens (tertiary/aromatic N) is 1. The van der Waals surface area contributed by atoms with Crippen LogP contribution in [0, 0.1) is 0 Å². The molecule has 25 heavy (non-hydrogen) atoms. The monoisotopic (exact) mass is 385 g/mol. The molecule has 3 rings (SSSR count). The lowest BCUT2D eigenvalue weighted by atomic mass is 9.90. The quantitative estimate of drug-likeness (QED) is 0.767. The highest BCUT2D eigenvalue weighted by atomic mass is 35.5. The van der Waals surface area contributed by atoms with E-state index in [4.69, 9.17) is 11.6 Å². The van der Waals surface area contributed by atoms with E-state index in [2.05, 4.69) is 10.6 Å². The van der Waals surface area contributed by atoms with E-state index in [1.54, 1.807) is 0 Å². The lowest BCUT2D eigenvalue weighted by molar-refractivity contribution is -0.122. The molecule has 0 spiro atoms. The number of halogens is 1. The van der Waals surface area contributed by atoms with E-state index in [-0.39, 0.29) is 5.92 Å². The summed E-state index contributed by atoms with van der Waals surface area (Å²) in [7, 11) is -3.66. The Morgan fingerprint density at radius 1 is 1.20 bits per heavy atom. The van der Waals surface area contributed by atoms with Gasteiger partial charge < -0.3 is 5.32 Å². The van der Waals surface area contributed by atoms with Crippen LogP contribution >= 0.6 is 11.6 Å². The van der Waals surface area contributed by atoms with Gasteiger partial charge in [-0.2, -0.15) is 0 Å².